The molecule has 1 atom stereocenters. The van der Waals surface area contributed by atoms with Crippen LogP contribution in [0.4, 0.5) is 0 Å². The molecule has 1 heterocycles. The quantitative estimate of drug-likeness (QED) is 0.690. The molecule has 1 spiro atoms. The maximum atomic E-state index is 13.4. The zero-order chi connectivity index (χ0) is 20.0. The lowest BCUT2D eigenvalue weighted by atomic mass is 9.65. The predicted octanol–water partition coefficient (Wildman–Crippen LogP) is 3.88. The first-order chi connectivity index (χ1) is 13.7. The van der Waals surface area contributed by atoms with Crippen molar-refractivity contribution in [2.45, 2.75) is 69.7 Å². The summed E-state index contributed by atoms with van der Waals surface area (Å²) in [6.45, 7) is 3.88. The van der Waals surface area contributed by atoms with E-state index in [1.54, 1.807) is 7.11 Å². The highest BCUT2D eigenvalue weighted by molar-refractivity contribution is 6.02. The second kappa shape index (κ2) is 9.55. The summed E-state index contributed by atoms with van der Waals surface area (Å²) in [5, 5.41) is 3.18. The number of hydrogen-bond acceptors (Lipinski definition) is 3. The maximum absolute atomic E-state index is 13.4. The molecule has 2 amide bonds. The average molecular weight is 387 g/mol. The summed E-state index contributed by atoms with van der Waals surface area (Å²) >= 11 is 0. The van der Waals surface area contributed by atoms with E-state index in [1.807, 2.05) is 29.2 Å². The summed E-state index contributed by atoms with van der Waals surface area (Å²) in [6.07, 6.45) is 8.28. The highest BCUT2D eigenvalue weighted by atomic mass is 16.5. The molecular weight excluding hydrogens is 352 g/mol. The molecule has 0 aromatic heterocycles. The minimum absolute atomic E-state index is 0.0459. The van der Waals surface area contributed by atoms with Crippen LogP contribution in [0.3, 0.4) is 0 Å². The largest absolute Gasteiger partial charge is 0.383 e. The van der Waals surface area contributed by atoms with E-state index in [2.05, 4.69) is 12.2 Å². The Kier molecular flexibility index (Phi) is 7.11. The molecule has 2 aliphatic rings. The molecule has 1 fully saturated rings. The summed E-state index contributed by atoms with van der Waals surface area (Å²) in [5.41, 5.74) is 1.14. The van der Waals surface area contributed by atoms with Crippen LogP contribution < -0.4 is 5.32 Å². The molecular formula is C23H34N2O3. The van der Waals surface area contributed by atoms with E-state index in [1.165, 1.54) is 6.42 Å². The first-order valence-electron chi connectivity index (χ1n) is 10.8. The van der Waals surface area contributed by atoms with Crippen molar-refractivity contribution >= 4 is 11.8 Å². The minimum Gasteiger partial charge on any atom is -0.383 e. The molecule has 1 aromatic carbocycles. The third-order valence-electron chi connectivity index (χ3n) is 6.40. The molecule has 1 N–H and O–H groups in total. The van der Waals surface area contributed by atoms with E-state index < -0.39 is 5.54 Å². The van der Waals surface area contributed by atoms with Crippen LogP contribution in [0, 0.1) is 0 Å². The van der Waals surface area contributed by atoms with Gasteiger partial charge in [0.05, 0.1) is 18.1 Å². The average Bonchev–Trinajstić information content (AvgIpc) is 2.72. The molecule has 0 bridgehead atoms. The Morgan fingerprint density at radius 3 is 2.68 bits per heavy atom. The van der Waals surface area contributed by atoms with Crippen LogP contribution in [-0.2, 0) is 9.53 Å². The van der Waals surface area contributed by atoms with E-state index in [0.29, 0.717) is 25.3 Å². The van der Waals surface area contributed by atoms with Gasteiger partial charge in [0.15, 0.2) is 0 Å². The van der Waals surface area contributed by atoms with Gasteiger partial charge in [-0.3, -0.25) is 9.59 Å². The summed E-state index contributed by atoms with van der Waals surface area (Å²) < 4.78 is 5.31. The standard InChI is InChI=1S/C23H34N2O3/c1-3-4-10-15-24-21(26)20-18-11-6-7-12-19(18)22(27)25(16-17-28-2)23(20)13-8-5-9-14-23/h6-7,11-12,20H,3-5,8-10,13-17H2,1-2H3,(H,24,26)/t20-/m1/s1. The van der Waals surface area contributed by atoms with E-state index in [4.69, 9.17) is 4.74 Å². The van der Waals surface area contributed by atoms with Crippen molar-refractivity contribution in [2.75, 3.05) is 26.8 Å². The van der Waals surface area contributed by atoms with Crippen LogP contribution in [0.5, 0.6) is 0 Å². The Balaban J connectivity index is 1.99. The van der Waals surface area contributed by atoms with Crippen LogP contribution in [0.1, 0.15) is 80.1 Å². The van der Waals surface area contributed by atoms with Gasteiger partial charge in [0.2, 0.25) is 5.91 Å². The van der Waals surface area contributed by atoms with E-state index in [0.717, 1.165) is 50.5 Å². The van der Waals surface area contributed by atoms with Crippen LogP contribution in [-0.4, -0.2) is 49.1 Å². The number of ether oxygens (including phenoxy) is 1. The van der Waals surface area contributed by atoms with Gasteiger partial charge in [-0.1, -0.05) is 57.2 Å². The van der Waals surface area contributed by atoms with Crippen LogP contribution in [0.15, 0.2) is 24.3 Å². The monoisotopic (exact) mass is 386 g/mol. The number of rotatable bonds is 8. The SMILES string of the molecule is CCCCCNC(=O)[C@H]1c2ccccc2C(=O)N(CCOC)C12CCCCC2. The molecule has 154 valence electrons. The Hall–Kier alpha value is -1.88. The fourth-order valence-electron chi connectivity index (χ4n) is 5.04. The third kappa shape index (κ3) is 3.95. The van der Waals surface area contributed by atoms with Crippen LogP contribution in [0.2, 0.25) is 0 Å². The number of nitrogens with zero attached hydrogens (tertiary/aromatic N) is 1. The van der Waals surface area contributed by atoms with Gasteiger partial charge in [-0.25, -0.2) is 0 Å². The molecule has 0 unspecified atom stereocenters. The Morgan fingerprint density at radius 2 is 1.96 bits per heavy atom. The normalized spacial score (nSPS) is 20.9. The van der Waals surface area contributed by atoms with Crippen LogP contribution >= 0.6 is 0 Å². The summed E-state index contributed by atoms with van der Waals surface area (Å²) in [6, 6.07) is 7.68. The van der Waals surface area contributed by atoms with Gasteiger partial charge >= 0.3 is 0 Å². The lowest BCUT2D eigenvalue weighted by Crippen LogP contribution is -2.63. The smallest absolute Gasteiger partial charge is 0.254 e. The number of unbranched alkanes of at least 4 members (excludes halogenated alkanes) is 2. The second-order valence-electron chi connectivity index (χ2n) is 8.13. The molecule has 1 aliphatic carbocycles. The Bertz CT molecular complexity index is 682. The van der Waals surface area contributed by atoms with E-state index >= 15 is 0 Å². The molecule has 0 radical (unpaired) electrons. The molecule has 5 nitrogen and oxygen atoms in total. The predicted molar refractivity (Wildman–Crippen MR) is 110 cm³/mol. The van der Waals surface area contributed by atoms with Gasteiger partial charge in [0.25, 0.3) is 5.91 Å². The van der Waals surface area contributed by atoms with Crippen LogP contribution in [0.25, 0.3) is 0 Å². The highest BCUT2D eigenvalue weighted by Crippen LogP contribution is 2.49. The zero-order valence-corrected chi connectivity index (χ0v) is 17.3. The minimum atomic E-state index is -0.433. The van der Waals surface area contributed by atoms with Gasteiger partial charge in [-0.2, -0.15) is 0 Å². The van der Waals surface area contributed by atoms with Crippen molar-refractivity contribution in [2.24, 2.45) is 0 Å². The number of methoxy groups -OCH3 is 1. The maximum Gasteiger partial charge on any atom is 0.254 e. The molecule has 3 rings (SSSR count). The van der Waals surface area contributed by atoms with Gasteiger partial charge in [-0.05, 0) is 30.9 Å². The number of amides is 2. The number of nitrogens with one attached hydrogen (secondary N) is 1. The second-order valence-corrected chi connectivity index (χ2v) is 8.13. The number of hydrogen-bond donors (Lipinski definition) is 1. The zero-order valence-electron chi connectivity index (χ0n) is 17.3. The van der Waals surface area contributed by atoms with Gasteiger partial charge in [0, 0.05) is 25.8 Å². The first kappa shape index (κ1) is 20.8. The molecule has 1 aromatic rings. The van der Waals surface area contributed by atoms with Crippen molar-refractivity contribution in [1.29, 1.82) is 0 Å². The Morgan fingerprint density at radius 1 is 1.21 bits per heavy atom. The number of benzene rings is 1. The molecule has 1 saturated carbocycles. The lowest BCUT2D eigenvalue weighted by molar-refractivity contribution is -0.127. The van der Waals surface area contributed by atoms with Crippen molar-refractivity contribution < 1.29 is 14.3 Å². The van der Waals surface area contributed by atoms with Crippen molar-refractivity contribution in [1.82, 2.24) is 10.2 Å². The summed E-state index contributed by atoms with van der Waals surface area (Å²) in [5.74, 6) is -0.190. The molecule has 0 saturated heterocycles. The lowest BCUT2D eigenvalue weighted by Gasteiger charge is -2.53. The third-order valence-corrected chi connectivity index (χ3v) is 6.40. The number of carbonyl (C=O) groups is 2. The molecule has 1 aliphatic heterocycles. The number of carbonyl (C=O) groups excluding carboxylic acids is 2. The van der Waals surface area contributed by atoms with Crippen molar-refractivity contribution in [3.05, 3.63) is 35.4 Å². The van der Waals surface area contributed by atoms with Gasteiger partial charge < -0.3 is 15.0 Å². The fraction of sp³-hybridized carbons (Fsp3) is 0.652. The van der Waals surface area contributed by atoms with Crippen molar-refractivity contribution in [3.8, 4) is 0 Å². The van der Waals surface area contributed by atoms with E-state index in [-0.39, 0.29) is 17.7 Å². The van der Waals surface area contributed by atoms with E-state index in [9.17, 15) is 9.59 Å². The van der Waals surface area contributed by atoms with Gasteiger partial charge in [0.1, 0.15) is 0 Å². The first-order valence-corrected chi connectivity index (χ1v) is 10.8. The molecule has 28 heavy (non-hydrogen) atoms. The fourth-order valence-corrected chi connectivity index (χ4v) is 5.04. The Labute approximate surface area is 168 Å². The number of fused-ring (bicyclic) bond motifs is 1. The summed E-state index contributed by atoms with van der Waals surface area (Å²) in [7, 11) is 1.66. The topological polar surface area (TPSA) is 58.6 Å². The molecule has 5 heteroatoms. The van der Waals surface area contributed by atoms with Gasteiger partial charge in [-0.15, -0.1) is 0 Å². The highest BCUT2D eigenvalue weighted by Gasteiger charge is 2.54. The van der Waals surface area contributed by atoms with Crippen molar-refractivity contribution in [3.63, 3.8) is 0 Å². The summed E-state index contributed by atoms with van der Waals surface area (Å²) in [4.78, 5) is 28.8.